The third kappa shape index (κ3) is 3.42. The van der Waals surface area contributed by atoms with Crippen molar-refractivity contribution in [2.24, 2.45) is 0 Å². The van der Waals surface area contributed by atoms with Crippen molar-refractivity contribution < 1.29 is 0 Å². The van der Waals surface area contributed by atoms with Crippen LogP contribution in [0.15, 0.2) is 67.4 Å². The summed E-state index contributed by atoms with van der Waals surface area (Å²) in [4.78, 5) is 22.1. The molecule has 1 aliphatic heterocycles. The third-order valence-electron chi connectivity index (χ3n) is 5.32. The highest BCUT2D eigenvalue weighted by Crippen LogP contribution is 2.30. The van der Waals surface area contributed by atoms with Gasteiger partial charge in [-0.05, 0) is 47.5 Å². The van der Waals surface area contributed by atoms with Crippen molar-refractivity contribution in [2.45, 2.75) is 0 Å². The number of hydrogen-bond acceptors (Lipinski definition) is 7. The van der Waals surface area contributed by atoms with Crippen LogP contribution in [0.4, 0.5) is 17.3 Å². The molecule has 1 saturated heterocycles. The van der Waals surface area contributed by atoms with Gasteiger partial charge >= 0.3 is 0 Å². The van der Waals surface area contributed by atoms with Gasteiger partial charge in [-0.15, -0.1) is 0 Å². The fourth-order valence-corrected chi connectivity index (χ4v) is 3.82. The van der Waals surface area contributed by atoms with Gasteiger partial charge in [-0.25, -0.2) is 15.0 Å². The van der Waals surface area contributed by atoms with Crippen LogP contribution in [-0.2, 0) is 0 Å². The molecule has 0 amide bonds. The molecule has 2 N–H and O–H groups in total. The number of fused-ring (bicyclic) bond motifs is 1. The molecule has 7 nitrogen and oxygen atoms in total. The first-order chi connectivity index (χ1) is 14.3. The maximum atomic E-state index is 5.86. The van der Waals surface area contributed by atoms with Crippen molar-refractivity contribution in [3.8, 4) is 11.1 Å². The minimum atomic E-state index is 0.513. The molecule has 5 rings (SSSR count). The maximum Gasteiger partial charge on any atom is 0.140 e. The van der Waals surface area contributed by atoms with Crippen molar-refractivity contribution in [3.63, 3.8) is 0 Å². The van der Waals surface area contributed by atoms with Crippen LogP contribution < -0.4 is 15.5 Å². The molecule has 3 aromatic heterocycles. The van der Waals surface area contributed by atoms with Gasteiger partial charge in [0.15, 0.2) is 0 Å². The summed E-state index contributed by atoms with van der Waals surface area (Å²) in [5.41, 5.74) is 10.1. The summed E-state index contributed by atoms with van der Waals surface area (Å²) in [5.74, 6) is 1.49. The lowest BCUT2D eigenvalue weighted by Crippen LogP contribution is -2.47. The second kappa shape index (κ2) is 7.35. The van der Waals surface area contributed by atoms with Crippen molar-refractivity contribution in [1.29, 1.82) is 0 Å². The van der Waals surface area contributed by atoms with Gasteiger partial charge in [-0.1, -0.05) is 6.07 Å². The Labute approximate surface area is 168 Å². The lowest BCUT2D eigenvalue weighted by atomic mass is 10.0. The average Bonchev–Trinajstić information content (AvgIpc) is 2.79. The molecule has 0 aliphatic carbocycles. The largest absolute Gasteiger partial charge is 0.384 e. The van der Waals surface area contributed by atoms with Crippen LogP contribution in [-0.4, -0.2) is 46.1 Å². The molecular weight excluding hydrogens is 362 g/mol. The molecule has 29 heavy (non-hydrogen) atoms. The van der Waals surface area contributed by atoms with Crippen LogP contribution in [0.3, 0.4) is 0 Å². The van der Waals surface area contributed by atoms with E-state index >= 15 is 0 Å². The SMILES string of the molecule is Nc1cc(-c2ccc3ncnc(N4CCN(c5cccnc5)CC4)c3c2)ccn1. The topological polar surface area (TPSA) is 84.1 Å². The summed E-state index contributed by atoms with van der Waals surface area (Å²) in [6.07, 6.45) is 7.10. The molecule has 1 aromatic carbocycles. The molecule has 1 fully saturated rings. The third-order valence-corrected chi connectivity index (χ3v) is 5.32. The Kier molecular flexibility index (Phi) is 4.40. The molecule has 0 radical (unpaired) electrons. The fourth-order valence-electron chi connectivity index (χ4n) is 3.82. The Balaban J connectivity index is 1.45. The Morgan fingerprint density at radius 3 is 2.41 bits per heavy atom. The van der Waals surface area contributed by atoms with E-state index in [1.165, 1.54) is 0 Å². The number of benzene rings is 1. The lowest BCUT2D eigenvalue weighted by Gasteiger charge is -2.36. The van der Waals surface area contributed by atoms with Crippen LogP contribution in [0.2, 0.25) is 0 Å². The Morgan fingerprint density at radius 2 is 1.62 bits per heavy atom. The number of nitrogens with zero attached hydrogens (tertiary/aromatic N) is 6. The summed E-state index contributed by atoms with van der Waals surface area (Å²) >= 11 is 0. The summed E-state index contributed by atoms with van der Waals surface area (Å²) in [5, 5.41) is 1.05. The number of rotatable bonds is 3. The molecule has 0 bridgehead atoms. The Bertz CT molecular complexity index is 1140. The van der Waals surface area contributed by atoms with E-state index in [0.717, 1.165) is 59.7 Å². The van der Waals surface area contributed by atoms with E-state index in [4.69, 9.17) is 5.73 Å². The quantitative estimate of drug-likeness (QED) is 0.582. The van der Waals surface area contributed by atoms with Gasteiger partial charge in [0.05, 0.1) is 17.4 Å². The predicted molar refractivity (Wildman–Crippen MR) is 116 cm³/mol. The van der Waals surface area contributed by atoms with E-state index < -0.39 is 0 Å². The van der Waals surface area contributed by atoms with Gasteiger partial charge in [-0.3, -0.25) is 4.98 Å². The molecule has 144 valence electrons. The highest BCUT2D eigenvalue weighted by molar-refractivity contribution is 5.93. The predicted octanol–water partition coefficient (Wildman–Crippen LogP) is 3.00. The zero-order valence-corrected chi connectivity index (χ0v) is 15.9. The van der Waals surface area contributed by atoms with E-state index in [-0.39, 0.29) is 0 Å². The van der Waals surface area contributed by atoms with Gasteiger partial charge in [-0.2, -0.15) is 0 Å². The van der Waals surface area contributed by atoms with E-state index in [1.54, 1.807) is 18.7 Å². The highest BCUT2D eigenvalue weighted by atomic mass is 15.3. The molecule has 0 atom stereocenters. The Hall–Kier alpha value is -3.74. The summed E-state index contributed by atoms with van der Waals surface area (Å²) < 4.78 is 0. The van der Waals surface area contributed by atoms with Gasteiger partial charge < -0.3 is 15.5 Å². The zero-order valence-electron chi connectivity index (χ0n) is 15.9. The first-order valence-corrected chi connectivity index (χ1v) is 9.64. The maximum absolute atomic E-state index is 5.86. The highest BCUT2D eigenvalue weighted by Gasteiger charge is 2.20. The number of anilines is 3. The fraction of sp³-hybridized carbons (Fsp3) is 0.182. The summed E-state index contributed by atoms with van der Waals surface area (Å²) in [7, 11) is 0. The van der Waals surface area contributed by atoms with Crippen LogP contribution in [0.1, 0.15) is 0 Å². The molecule has 0 saturated carbocycles. The minimum Gasteiger partial charge on any atom is -0.384 e. The number of hydrogen-bond donors (Lipinski definition) is 1. The van der Waals surface area contributed by atoms with Crippen molar-refractivity contribution in [3.05, 3.63) is 67.4 Å². The smallest absolute Gasteiger partial charge is 0.140 e. The molecule has 1 aliphatic rings. The molecule has 7 heteroatoms. The second-order valence-electron chi connectivity index (χ2n) is 7.08. The number of piperazine rings is 1. The molecule has 4 heterocycles. The monoisotopic (exact) mass is 383 g/mol. The molecule has 4 aromatic rings. The normalized spacial score (nSPS) is 14.3. The van der Waals surface area contributed by atoms with E-state index in [1.807, 2.05) is 30.5 Å². The van der Waals surface area contributed by atoms with Gasteiger partial charge in [0.25, 0.3) is 0 Å². The number of pyridine rings is 2. The van der Waals surface area contributed by atoms with Crippen molar-refractivity contribution >= 4 is 28.2 Å². The summed E-state index contributed by atoms with van der Waals surface area (Å²) in [6, 6.07) is 14.2. The van der Waals surface area contributed by atoms with Crippen LogP contribution in [0.25, 0.3) is 22.0 Å². The standard InChI is InChI=1S/C22H21N7/c23-21-13-17(5-7-25-21)16-3-4-20-19(12-16)22(27-15-26-20)29-10-8-28(9-11-29)18-2-1-6-24-14-18/h1-7,12-15H,8-11H2,(H2,23,25). The van der Waals surface area contributed by atoms with E-state index in [2.05, 4.69) is 47.9 Å². The number of nitrogens with two attached hydrogens (primary N) is 1. The minimum absolute atomic E-state index is 0.513. The zero-order chi connectivity index (χ0) is 19.6. The van der Waals surface area contributed by atoms with E-state index in [9.17, 15) is 0 Å². The van der Waals surface area contributed by atoms with Crippen LogP contribution in [0, 0.1) is 0 Å². The van der Waals surface area contributed by atoms with Crippen LogP contribution in [0.5, 0.6) is 0 Å². The molecular formula is C22H21N7. The number of aromatic nitrogens is 4. The van der Waals surface area contributed by atoms with Crippen LogP contribution >= 0.6 is 0 Å². The number of nitrogen functional groups attached to an aromatic ring is 1. The van der Waals surface area contributed by atoms with Crippen molar-refractivity contribution in [1.82, 2.24) is 19.9 Å². The van der Waals surface area contributed by atoms with Crippen molar-refractivity contribution in [2.75, 3.05) is 41.7 Å². The first-order valence-electron chi connectivity index (χ1n) is 9.64. The van der Waals surface area contributed by atoms with Gasteiger partial charge in [0.2, 0.25) is 0 Å². The lowest BCUT2D eigenvalue weighted by molar-refractivity contribution is 0.648. The summed E-state index contributed by atoms with van der Waals surface area (Å²) in [6.45, 7) is 3.65. The average molecular weight is 383 g/mol. The second-order valence-corrected chi connectivity index (χ2v) is 7.08. The first kappa shape index (κ1) is 17.4. The van der Waals surface area contributed by atoms with Gasteiger partial charge in [0, 0.05) is 44.0 Å². The Morgan fingerprint density at radius 1 is 0.793 bits per heavy atom. The van der Waals surface area contributed by atoms with E-state index in [0.29, 0.717) is 5.82 Å². The molecule has 0 spiro atoms. The van der Waals surface area contributed by atoms with Gasteiger partial charge in [0.1, 0.15) is 18.0 Å². The molecule has 0 unspecified atom stereocenters.